The van der Waals surface area contributed by atoms with Gasteiger partial charge in [-0.15, -0.1) is 5.10 Å². The van der Waals surface area contributed by atoms with Crippen molar-refractivity contribution >= 4 is 17.4 Å². The SMILES string of the molecule is CCCNC(=O)c1snnc1C. The van der Waals surface area contributed by atoms with Crippen molar-refractivity contribution in [2.24, 2.45) is 0 Å². The van der Waals surface area contributed by atoms with Crippen molar-refractivity contribution in [3.63, 3.8) is 0 Å². The summed E-state index contributed by atoms with van der Waals surface area (Å²) >= 11 is 1.13. The highest BCUT2D eigenvalue weighted by molar-refractivity contribution is 7.07. The minimum atomic E-state index is -0.0654. The lowest BCUT2D eigenvalue weighted by atomic mass is 10.3. The van der Waals surface area contributed by atoms with Gasteiger partial charge in [0.15, 0.2) is 0 Å². The topological polar surface area (TPSA) is 54.9 Å². The maximum atomic E-state index is 11.3. The Labute approximate surface area is 75.2 Å². The van der Waals surface area contributed by atoms with E-state index in [9.17, 15) is 4.79 Å². The van der Waals surface area contributed by atoms with Gasteiger partial charge in [-0.2, -0.15) is 0 Å². The summed E-state index contributed by atoms with van der Waals surface area (Å²) in [7, 11) is 0. The number of aryl methyl sites for hydroxylation is 1. The Balaban J connectivity index is 2.59. The van der Waals surface area contributed by atoms with Crippen molar-refractivity contribution in [2.45, 2.75) is 20.3 Å². The highest BCUT2D eigenvalue weighted by Gasteiger charge is 2.11. The van der Waals surface area contributed by atoms with Crippen LogP contribution in [0.3, 0.4) is 0 Å². The lowest BCUT2D eigenvalue weighted by molar-refractivity contribution is 0.0957. The highest BCUT2D eigenvalue weighted by Crippen LogP contribution is 2.07. The summed E-state index contributed by atoms with van der Waals surface area (Å²) in [4.78, 5) is 11.9. The van der Waals surface area contributed by atoms with Crippen molar-refractivity contribution < 1.29 is 4.79 Å². The minimum Gasteiger partial charge on any atom is -0.351 e. The van der Waals surface area contributed by atoms with Crippen LogP contribution in [0.4, 0.5) is 0 Å². The Hall–Kier alpha value is -0.970. The van der Waals surface area contributed by atoms with E-state index in [2.05, 4.69) is 14.9 Å². The van der Waals surface area contributed by atoms with Crippen LogP contribution in [0.15, 0.2) is 0 Å². The Morgan fingerprint density at radius 1 is 1.67 bits per heavy atom. The summed E-state index contributed by atoms with van der Waals surface area (Å²) in [6.45, 7) is 4.50. The fourth-order valence-corrected chi connectivity index (χ4v) is 1.33. The summed E-state index contributed by atoms with van der Waals surface area (Å²) in [5, 5.41) is 6.52. The van der Waals surface area contributed by atoms with E-state index < -0.39 is 0 Å². The Kier molecular flexibility index (Phi) is 3.16. The van der Waals surface area contributed by atoms with Gasteiger partial charge >= 0.3 is 0 Å². The van der Waals surface area contributed by atoms with Crippen molar-refractivity contribution in [3.05, 3.63) is 10.6 Å². The quantitative estimate of drug-likeness (QED) is 0.764. The van der Waals surface area contributed by atoms with E-state index in [4.69, 9.17) is 0 Å². The van der Waals surface area contributed by atoms with Crippen molar-refractivity contribution in [3.8, 4) is 0 Å². The molecule has 0 bridgehead atoms. The first kappa shape index (κ1) is 9.12. The van der Waals surface area contributed by atoms with Crippen molar-refractivity contribution in [1.29, 1.82) is 0 Å². The molecule has 0 aliphatic carbocycles. The fraction of sp³-hybridized carbons (Fsp3) is 0.571. The van der Waals surface area contributed by atoms with Crippen LogP contribution < -0.4 is 5.32 Å². The van der Waals surface area contributed by atoms with Crippen LogP contribution in [-0.2, 0) is 0 Å². The van der Waals surface area contributed by atoms with Crippen molar-refractivity contribution in [1.82, 2.24) is 14.9 Å². The average Bonchev–Trinajstić information content (AvgIpc) is 2.47. The van der Waals surface area contributed by atoms with E-state index in [0.717, 1.165) is 18.0 Å². The number of carbonyl (C=O) groups excluding carboxylic acids is 1. The number of nitrogens with zero attached hydrogens (tertiary/aromatic N) is 2. The summed E-state index contributed by atoms with van der Waals surface area (Å²) in [6, 6.07) is 0. The second-order valence-electron chi connectivity index (χ2n) is 2.44. The van der Waals surface area contributed by atoms with Gasteiger partial charge in [0, 0.05) is 6.54 Å². The summed E-state index contributed by atoms with van der Waals surface area (Å²) in [5.74, 6) is -0.0654. The van der Waals surface area contributed by atoms with Crippen LogP contribution >= 0.6 is 11.5 Å². The van der Waals surface area contributed by atoms with Crippen LogP contribution in [0, 0.1) is 6.92 Å². The molecule has 66 valence electrons. The van der Waals surface area contributed by atoms with E-state index in [0.29, 0.717) is 17.1 Å². The first-order valence-corrected chi connectivity index (χ1v) is 4.60. The zero-order chi connectivity index (χ0) is 8.97. The predicted octanol–water partition coefficient (Wildman–Crippen LogP) is 0.986. The third-order valence-electron chi connectivity index (χ3n) is 1.39. The highest BCUT2D eigenvalue weighted by atomic mass is 32.1. The molecule has 0 radical (unpaired) electrons. The third kappa shape index (κ3) is 2.01. The number of hydrogen-bond acceptors (Lipinski definition) is 4. The maximum absolute atomic E-state index is 11.3. The van der Waals surface area contributed by atoms with Crippen LogP contribution in [0.1, 0.15) is 28.7 Å². The maximum Gasteiger partial charge on any atom is 0.264 e. The van der Waals surface area contributed by atoms with E-state index in [1.54, 1.807) is 6.92 Å². The Morgan fingerprint density at radius 2 is 2.42 bits per heavy atom. The summed E-state index contributed by atoms with van der Waals surface area (Å²) in [5.41, 5.74) is 0.702. The molecule has 0 saturated heterocycles. The first-order chi connectivity index (χ1) is 5.75. The number of nitrogens with one attached hydrogen (secondary N) is 1. The number of hydrogen-bond donors (Lipinski definition) is 1. The van der Waals surface area contributed by atoms with Gasteiger partial charge in [0.25, 0.3) is 5.91 Å². The predicted molar refractivity (Wildman–Crippen MR) is 47.3 cm³/mol. The third-order valence-corrected chi connectivity index (χ3v) is 2.22. The minimum absolute atomic E-state index is 0.0654. The van der Waals surface area contributed by atoms with E-state index in [1.807, 2.05) is 6.92 Å². The molecule has 5 heteroatoms. The molecule has 1 amide bonds. The summed E-state index contributed by atoms with van der Waals surface area (Å²) < 4.78 is 3.68. The molecule has 0 saturated carbocycles. The molecular weight excluding hydrogens is 174 g/mol. The van der Waals surface area contributed by atoms with Crippen LogP contribution in [0.5, 0.6) is 0 Å². The van der Waals surface area contributed by atoms with E-state index in [1.165, 1.54) is 0 Å². The molecule has 0 fully saturated rings. The average molecular weight is 185 g/mol. The van der Waals surface area contributed by atoms with Gasteiger partial charge < -0.3 is 5.32 Å². The molecule has 0 unspecified atom stereocenters. The second kappa shape index (κ2) is 4.15. The van der Waals surface area contributed by atoms with Gasteiger partial charge in [-0.25, -0.2) is 0 Å². The van der Waals surface area contributed by atoms with Crippen molar-refractivity contribution in [2.75, 3.05) is 6.54 Å². The zero-order valence-electron chi connectivity index (χ0n) is 7.13. The lowest BCUT2D eigenvalue weighted by Gasteiger charge is -1.99. The number of amides is 1. The number of aromatic nitrogens is 2. The molecule has 1 heterocycles. The van der Waals surface area contributed by atoms with Gasteiger partial charge in [-0.1, -0.05) is 11.4 Å². The molecular formula is C7H11N3OS. The molecule has 0 aliphatic heterocycles. The largest absolute Gasteiger partial charge is 0.351 e. The number of carbonyl (C=O) groups is 1. The fourth-order valence-electron chi connectivity index (χ4n) is 0.759. The van der Waals surface area contributed by atoms with Gasteiger partial charge in [0.2, 0.25) is 0 Å². The van der Waals surface area contributed by atoms with Gasteiger partial charge in [-0.3, -0.25) is 4.79 Å². The molecule has 12 heavy (non-hydrogen) atoms. The molecule has 4 nitrogen and oxygen atoms in total. The first-order valence-electron chi connectivity index (χ1n) is 3.83. The lowest BCUT2D eigenvalue weighted by Crippen LogP contribution is -2.23. The van der Waals surface area contributed by atoms with Crippen LogP contribution in [-0.4, -0.2) is 22.0 Å². The van der Waals surface area contributed by atoms with Crippen LogP contribution in [0.2, 0.25) is 0 Å². The second-order valence-corrected chi connectivity index (χ2v) is 3.20. The molecule has 0 aliphatic rings. The molecule has 0 aromatic carbocycles. The molecule has 1 aromatic heterocycles. The normalized spacial score (nSPS) is 9.83. The summed E-state index contributed by atoms with van der Waals surface area (Å²) in [6.07, 6.45) is 0.941. The van der Waals surface area contributed by atoms with E-state index >= 15 is 0 Å². The molecule has 0 spiro atoms. The monoisotopic (exact) mass is 185 g/mol. The van der Waals surface area contributed by atoms with E-state index in [-0.39, 0.29) is 5.91 Å². The number of rotatable bonds is 3. The van der Waals surface area contributed by atoms with Gasteiger partial charge in [0.1, 0.15) is 4.88 Å². The zero-order valence-corrected chi connectivity index (χ0v) is 7.94. The van der Waals surface area contributed by atoms with Gasteiger partial charge in [-0.05, 0) is 24.9 Å². The molecule has 1 N–H and O–H groups in total. The van der Waals surface area contributed by atoms with Crippen LogP contribution in [0.25, 0.3) is 0 Å². The molecule has 1 rings (SSSR count). The molecule has 1 aromatic rings. The standard InChI is InChI=1S/C7H11N3OS/c1-3-4-8-7(11)6-5(2)9-10-12-6/h3-4H2,1-2H3,(H,8,11). The Bertz CT molecular complexity index is 271. The smallest absolute Gasteiger partial charge is 0.264 e. The Morgan fingerprint density at radius 3 is 2.92 bits per heavy atom. The molecule has 0 atom stereocenters. The van der Waals surface area contributed by atoms with Gasteiger partial charge in [0.05, 0.1) is 5.69 Å².